The van der Waals surface area contributed by atoms with Gasteiger partial charge in [0.25, 0.3) is 0 Å². The van der Waals surface area contributed by atoms with E-state index in [1.165, 1.54) is 44.1 Å². The monoisotopic (exact) mass is 302 g/mol. The minimum atomic E-state index is -0.760. The van der Waals surface area contributed by atoms with Crippen LogP contribution in [0, 0.1) is 17.8 Å². The van der Waals surface area contributed by atoms with E-state index in [-0.39, 0.29) is 0 Å². The Morgan fingerprint density at radius 1 is 0.955 bits per heavy atom. The zero-order valence-electron chi connectivity index (χ0n) is 13.5. The molecule has 22 heavy (non-hydrogen) atoms. The van der Waals surface area contributed by atoms with Gasteiger partial charge < -0.3 is 4.74 Å². The Balaban J connectivity index is 1.58. The van der Waals surface area contributed by atoms with Crippen molar-refractivity contribution in [2.75, 3.05) is 6.86 Å². The van der Waals surface area contributed by atoms with E-state index < -0.39 is 6.86 Å². The lowest BCUT2D eigenvalue weighted by Gasteiger charge is -2.34. The lowest BCUT2D eigenvalue weighted by molar-refractivity contribution is 0.191. The van der Waals surface area contributed by atoms with Crippen molar-refractivity contribution in [3.8, 4) is 5.75 Å². The maximum Gasteiger partial charge on any atom is 0.228 e. The molecule has 2 heteroatoms. The first-order valence-electron chi connectivity index (χ1n) is 8.73. The number of benzene rings is 1. The third kappa shape index (κ3) is 3.71. The number of rotatable bonds is 4. The molecule has 2 unspecified atom stereocenters. The van der Waals surface area contributed by atoms with Crippen molar-refractivity contribution in [1.82, 2.24) is 0 Å². The Hall–Kier alpha value is -1.31. The molecule has 1 aromatic rings. The Bertz CT molecular complexity index is 485. The molecule has 0 aliphatic heterocycles. The van der Waals surface area contributed by atoms with Gasteiger partial charge in [-0.2, -0.15) is 0 Å². The van der Waals surface area contributed by atoms with Crippen molar-refractivity contribution in [3.05, 3.63) is 42.0 Å². The lowest BCUT2D eigenvalue weighted by atomic mass is 9.71. The van der Waals surface area contributed by atoms with E-state index in [1.807, 2.05) is 12.1 Å². The summed E-state index contributed by atoms with van der Waals surface area (Å²) in [6.07, 6.45) is 13.1. The molecule has 0 amide bonds. The van der Waals surface area contributed by atoms with Gasteiger partial charge in [0.1, 0.15) is 5.75 Å². The first kappa shape index (κ1) is 15.6. The molecule has 1 nitrogen and oxygen atoms in total. The van der Waals surface area contributed by atoms with E-state index in [9.17, 15) is 4.39 Å². The first-order chi connectivity index (χ1) is 10.8. The highest BCUT2D eigenvalue weighted by Gasteiger charge is 2.27. The van der Waals surface area contributed by atoms with Crippen LogP contribution in [0.2, 0.25) is 0 Å². The van der Waals surface area contributed by atoms with Gasteiger partial charge in [-0.15, -0.1) is 0 Å². The van der Waals surface area contributed by atoms with Crippen molar-refractivity contribution < 1.29 is 9.13 Å². The van der Waals surface area contributed by atoms with Crippen LogP contribution in [0.25, 0.3) is 0 Å². The van der Waals surface area contributed by atoms with Crippen molar-refractivity contribution in [1.29, 1.82) is 0 Å². The van der Waals surface area contributed by atoms with Gasteiger partial charge in [-0.05, 0) is 61.1 Å². The predicted molar refractivity (Wildman–Crippen MR) is 88.8 cm³/mol. The molecule has 0 saturated heterocycles. The van der Waals surface area contributed by atoms with Gasteiger partial charge in [0.2, 0.25) is 6.86 Å². The van der Waals surface area contributed by atoms with Gasteiger partial charge >= 0.3 is 0 Å². The van der Waals surface area contributed by atoms with Crippen LogP contribution < -0.4 is 4.74 Å². The molecule has 1 aromatic carbocycles. The van der Waals surface area contributed by atoms with Crippen LogP contribution in [0.3, 0.4) is 0 Å². The Morgan fingerprint density at radius 2 is 1.68 bits per heavy atom. The van der Waals surface area contributed by atoms with Crippen molar-refractivity contribution in [2.45, 2.75) is 51.4 Å². The van der Waals surface area contributed by atoms with E-state index in [0.29, 0.717) is 11.7 Å². The molecule has 0 spiro atoms. The normalized spacial score (nSPS) is 31.9. The second-order valence-corrected chi connectivity index (χ2v) is 7.08. The van der Waals surface area contributed by atoms with E-state index in [0.717, 1.165) is 17.8 Å². The summed E-state index contributed by atoms with van der Waals surface area (Å²) in [5.41, 5.74) is 1.32. The maximum absolute atomic E-state index is 12.1. The van der Waals surface area contributed by atoms with Crippen LogP contribution in [0.1, 0.15) is 56.9 Å². The zero-order chi connectivity index (χ0) is 15.4. The van der Waals surface area contributed by atoms with E-state index >= 15 is 0 Å². The van der Waals surface area contributed by atoms with Crippen LogP contribution in [0.5, 0.6) is 5.75 Å². The summed E-state index contributed by atoms with van der Waals surface area (Å²) >= 11 is 0. The molecule has 2 aliphatic rings. The van der Waals surface area contributed by atoms with Crippen LogP contribution >= 0.6 is 0 Å². The fourth-order valence-electron chi connectivity index (χ4n) is 4.10. The SMILES string of the molecule is CC1CCC(C2C=CC(c3ccc(OCF)cc3)CC2)CC1. The molecular weight excluding hydrogens is 275 g/mol. The number of halogens is 1. The summed E-state index contributed by atoms with van der Waals surface area (Å²) in [5, 5.41) is 0. The van der Waals surface area contributed by atoms with Crippen LogP contribution in [0.15, 0.2) is 36.4 Å². The highest BCUT2D eigenvalue weighted by Crippen LogP contribution is 2.40. The second-order valence-electron chi connectivity index (χ2n) is 7.08. The minimum absolute atomic E-state index is 0.512. The van der Waals surface area contributed by atoms with Crippen LogP contribution in [0.4, 0.5) is 4.39 Å². The third-order valence-electron chi connectivity index (χ3n) is 5.60. The summed E-state index contributed by atoms with van der Waals surface area (Å²) in [6, 6.07) is 7.89. The van der Waals surface area contributed by atoms with Crippen molar-refractivity contribution >= 4 is 0 Å². The fraction of sp³-hybridized carbons (Fsp3) is 0.600. The van der Waals surface area contributed by atoms with E-state index in [2.05, 4.69) is 31.2 Å². The quantitative estimate of drug-likeness (QED) is 0.632. The average Bonchev–Trinajstić information content (AvgIpc) is 2.57. The minimum Gasteiger partial charge on any atom is -0.463 e. The van der Waals surface area contributed by atoms with Crippen LogP contribution in [-0.4, -0.2) is 6.86 Å². The van der Waals surface area contributed by atoms with Crippen molar-refractivity contribution in [3.63, 3.8) is 0 Å². The molecule has 1 saturated carbocycles. The van der Waals surface area contributed by atoms with Crippen molar-refractivity contribution in [2.24, 2.45) is 17.8 Å². The molecule has 0 aromatic heterocycles. The highest BCUT2D eigenvalue weighted by atomic mass is 19.1. The average molecular weight is 302 g/mol. The predicted octanol–water partition coefficient (Wildman–Crippen LogP) is 5.87. The summed E-state index contributed by atoms with van der Waals surface area (Å²) in [5.74, 6) is 3.76. The molecule has 0 N–H and O–H groups in total. The molecule has 0 bridgehead atoms. The second kappa shape index (κ2) is 7.30. The largest absolute Gasteiger partial charge is 0.463 e. The Labute approximate surface area is 133 Å². The van der Waals surface area contributed by atoms with Crippen LogP contribution in [-0.2, 0) is 0 Å². The molecule has 3 rings (SSSR count). The number of allylic oxidation sites excluding steroid dienone is 2. The fourth-order valence-corrected chi connectivity index (χ4v) is 4.10. The number of hydrogen-bond donors (Lipinski definition) is 0. The highest BCUT2D eigenvalue weighted by molar-refractivity contribution is 5.32. The van der Waals surface area contributed by atoms with Gasteiger partial charge in [0, 0.05) is 5.92 Å². The summed E-state index contributed by atoms with van der Waals surface area (Å²) < 4.78 is 17.0. The lowest BCUT2D eigenvalue weighted by Crippen LogP contribution is -2.22. The van der Waals surface area contributed by atoms with E-state index in [1.54, 1.807) is 0 Å². The smallest absolute Gasteiger partial charge is 0.228 e. The molecular formula is C20H27FO. The number of alkyl halides is 1. The maximum atomic E-state index is 12.1. The Kier molecular flexibility index (Phi) is 5.17. The van der Waals surface area contributed by atoms with Gasteiger partial charge in [-0.1, -0.05) is 44.1 Å². The molecule has 1 fully saturated rings. The first-order valence-corrected chi connectivity index (χ1v) is 8.73. The topological polar surface area (TPSA) is 9.23 Å². The molecule has 120 valence electrons. The van der Waals surface area contributed by atoms with Gasteiger partial charge in [-0.25, -0.2) is 4.39 Å². The third-order valence-corrected chi connectivity index (χ3v) is 5.60. The van der Waals surface area contributed by atoms with E-state index in [4.69, 9.17) is 4.74 Å². The zero-order valence-corrected chi connectivity index (χ0v) is 13.5. The Morgan fingerprint density at radius 3 is 2.27 bits per heavy atom. The molecule has 0 radical (unpaired) electrons. The number of ether oxygens (including phenoxy) is 1. The van der Waals surface area contributed by atoms with Gasteiger partial charge in [0.05, 0.1) is 0 Å². The number of hydrogen-bond acceptors (Lipinski definition) is 1. The summed E-state index contributed by atoms with van der Waals surface area (Å²) in [4.78, 5) is 0. The molecule has 2 atom stereocenters. The molecule has 2 aliphatic carbocycles. The standard InChI is InChI=1S/C20H27FO/c1-15-2-4-16(5-3-15)17-6-8-18(9-7-17)19-10-12-20(13-11-19)22-14-21/h6,8,10-13,15-18H,2-5,7,9,14H2,1H3. The molecule has 0 heterocycles. The summed E-state index contributed by atoms with van der Waals surface area (Å²) in [6.45, 7) is 1.63. The summed E-state index contributed by atoms with van der Waals surface area (Å²) in [7, 11) is 0. The van der Waals surface area contributed by atoms with Gasteiger partial charge in [0.15, 0.2) is 0 Å². The van der Waals surface area contributed by atoms with Gasteiger partial charge in [-0.3, -0.25) is 0 Å².